The molecule has 0 aliphatic carbocycles. The highest BCUT2D eigenvalue weighted by molar-refractivity contribution is 8.26. The second kappa shape index (κ2) is 6.65. The van der Waals surface area contributed by atoms with Crippen LogP contribution in [0.5, 0.6) is 0 Å². The maximum absolute atomic E-state index is 9.09. The van der Waals surface area contributed by atoms with Crippen LogP contribution < -0.4 is 0 Å². The molecule has 0 aromatic heterocycles. The topological polar surface area (TPSA) is 17.1 Å². The number of benzene rings is 1. The lowest BCUT2D eigenvalue weighted by molar-refractivity contribution is 0.698. The van der Waals surface area contributed by atoms with E-state index >= 15 is 0 Å². The summed E-state index contributed by atoms with van der Waals surface area (Å²) < 4.78 is 9.09. The molecule has 0 saturated heterocycles. The Labute approximate surface area is 77.8 Å². The Morgan fingerprint density at radius 2 is 1.55 bits per heavy atom. The molecule has 62 valence electrons. The standard InChI is InChI=1S/C7H8.Cl2OS/c1-7-5-3-2-4-6-7;1-4(2)3/h2-6H,1H3;. The van der Waals surface area contributed by atoms with Gasteiger partial charge in [-0.2, -0.15) is 0 Å². The van der Waals surface area contributed by atoms with Crippen molar-refractivity contribution >= 4 is 30.6 Å². The van der Waals surface area contributed by atoms with Crippen molar-refractivity contribution in [2.45, 2.75) is 6.92 Å². The van der Waals surface area contributed by atoms with E-state index in [1.165, 1.54) is 5.56 Å². The summed E-state index contributed by atoms with van der Waals surface area (Å²) >= 11 is 0. The fourth-order valence-electron chi connectivity index (χ4n) is 0.534. The summed E-state index contributed by atoms with van der Waals surface area (Å²) in [7, 11) is 7.36. The van der Waals surface area contributed by atoms with Crippen LogP contribution in [0.2, 0.25) is 0 Å². The molecule has 1 rings (SSSR count). The van der Waals surface area contributed by atoms with E-state index in [0.717, 1.165) is 0 Å². The first-order valence-corrected chi connectivity index (χ1v) is 5.69. The Hall–Kier alpha value is -0.0500. The molecule has 0 heterocycles. The van der Waals surface area contributed by atoms with Crippen LogP contribution in [-0.4, -0.2) is 4.21 Å². The summed E-state index contributed by atoms with van der Waals surface area (Å²) in [5.74, 6) is 0. The second-order valence-corrected chi connectivity index (χ2v) is 4.36. The maximum atomic E-state index is 9.09. The summed E-state index contributed by atoms with van der Waals surface area (Å²) in [6.07, 6.45) is 0. The van der Waals surface area contributed by atoms with Crippen molar-refractivity contribution in [1.82, 2.24) is 0 Å². The molecule has 0 radical (unpaired) electrons. The Kier molecular flexibility index (Phi) is 6.62. The second-order valence-electron chi connectivity index (χ2n) is 1.84. The van der Waals surface area contributed by atoms with Crippen LogP contribution in [0.4, 0.5) is 0 Å². The minimum atomic E-state index is -1.67. The SMILES string of the molecule is Cc1ccccc1.O=S(Cl)Cl. The van der Waals surface area contributed by atoms with Crippen LogP contribution in [-0.2, 0) is 9.23 Å². The van der Waals surface area contributed by atoms with Gasteiger partial charge < -0.3 is 0 Å². The predicted octanol–water partition coefficient (Wildman–Crippen LogP) is 3.04. The molecular formula is C7H8Cl2OS. The van der Waals surface area contributed by atoms with Gasteiger partial charge >= 0.3 is 0 Å². The zero-order valence-corrected chi connectivity index (χ0v) is 8.29. The average molecular weight is 211 g/mol. The molecule has 0 bridgehead atoms. The van der Waals surface area contributed by atoms with E-state index in [-0.39, 0.29) is 0 Å². The van der Waals surface area contributed by atoms with Crippen LogP contribution in [0, 0.1) is 6.92 Å². The highest BCUT2D eigenvalue weighted by Crippen LogP contribution is 1.92. The fraction of sp³-hybridized carbons (Fsp3) is 0.143. The molecule has 0 aliphatic rings. The Morgan fingerprint density at radius 1 is 1.18 bits per heavy atom. The number of hydrogen-bond acceptors (Lipinski definition) is 1. The van der Waals surface area contributed by atoms with Gasteiger partial charge in [-0.05, 0) is 6.92 Å². The van der Waals surface area contributed by atoms with Crippen molar-refractivity contribution in [3.05, 3.63) is 35.9 Å². The Balaban J connectivity index is 0.000000218. The van der Waals surface area contributed by atoms with Gasteiger partial charge in [-0.15, -0.1) is 0 Å². The summed E-state index contributed by atoms with van der Waals surface area (Å²) in [5.41, 5.74) is 1.32. The van der Waals surface area contributed by atoms with Crippen LogP contribution >= 0.6 is 21.4 Å². The van der Waals surface area contributed by atoms with E-state index in [1.807, 2.05) is 18.2 Å². The van der Waals surface area contributed by atoms with Crippen molar-refractivity contribution in [1.29, 1.82) is 0 Å². The third kappa shape index (κ3) is 9.95. The van der Waals surface area contributed by atoms with Gasteiger partial charge in [0.2, 0.25) is 9.23 Å². The predicted molar refractivity (Wildman–Crippen MR) is 51.0 cm³/mol. The van der Waals surface area contributed by atoms with Crippen LogP contribution in [0.15, 0.2) is 30.3 Å². The molecule has 0 saturated carbocycles. The zero-order valence-electron chi connectivity index (χ0n) is 5.96. The number of halogens is 2. The van der Waals surface area contributed by atoms with Gasteiger partial charge in [-0.3, -0.25) is 0 Å². The molecular weight excluding hydrogens is 203 g/mol. The Bertz CT molecular complexity index is 209. The molecule has 0 amide bonds. The van der Waals surface area contributed by atoms with Gasteiger partial charge in [-0.1, -0.05) is 35.9 Å². The van der Waals surface area contributed by atoms with Crippen molar-refractivity contribution in [2.75, 3.05) is 0 Å². The summed E-state index contributed by atoms with van der Waals surface area (Å²) in [6, 6.07) is 10.3. The van der Waals surface area contributed by atoms with Gasteiger partial charge in [0.05, 0.1) is 0 Å². The van der Waals surface area contributed by atoms with E-state index in [9.17, 15) is 0 Å². The third-order valence-electron chi connectivity index (χ3n) is 0.940. The lowest BCUT2D eigenvalue weighted by Gasteiger charge is -1.82. The average Bonchev–Trinajstić information content (AvgIpc) is 1.87. The maximum Gasteiger partial charge on any atom is 0.211 e. The lowest BCUT2D eigenvalue weighted by Crippen LogP contribution is -1.62. The van der Waals surface area contributed by atoms with Crippen LogP contribution in [0.25, 0.3) is 0 Å². The summed E-state index contributed by atoms with van der Waals surface area (Å²) in [6.45, 7) is 2.08. The zero-order chi connectivity index (χ0) is 8.69. The molecule has 1 aromatic carbocycles. The highest BCUT2D eigenvalue weighted by atomic mass is 36.0. The molecule has 11 heavy (non-hydrogen) atoms. The van der Waals surface area contributed by atoms with Gasteiger partial charge in [-0.25, -0.2) is 4.21 Å². The van der Waals surface area contributed by atoms with Crippen molar-refractivity contribution in [3.8, 4) is 0 Å². The van der Waals surface area contributed by atoms with E-state index in [4.69, 9.17) is 4.21 Å². The first-order valence-electron chi connectivity index (χ1n) is 2.89. The number of aryl methyl sites for hydroxylation is 1. The minimum absolute atomic E-state index is 1.32. The summed E-state index contributed by atoms with van der Waals surface area (Å²) in [4.78, 5) is 0. The molecule has 4 heteroatoms. The molecule has 0 aliphatic heterocycles. The summed E-state index contributed by atoms with van der Waals surface area (Å²) in [5, 5.41) is 0. The van der Waals surface area contributed by atoms with Gasteiger partial charge in [0.1, 0.15) is 0 Å². The fourth-order valence-corrected chi connectivity index (χ4v) is 0.534. The van der Waals surface area contributed by atoms with E-state index in [0.29, 0.717) is 0 Å². The van der Waals surface area contributed by atoms with E-state index in [1.54, 1.807) is 0 Å². The molecule has 0 spiro atoms. The van der Waals surface area contributed by atoms with Gasteiger partial charge in [0, 0.05) is 21.4 Å². The Morgan fingerprint density at radius 3 is 1.73 bits per heavy atom. The van der Waals surface area contributed by atoms with Crippen molar-refractivity contribution in [2.24, 2.45) is 0 Å². The van der Waals surface area contributed by atoms with Gasteiger partial charge in [0.25, 0.3) is 0 Å². The van der Waals surface area contributed by atoms with Crippen LogP contribution in [0.1, 0.15) is 5.56 Å². The molecule has 0 atom stereocenters. The highest BCUT2D eigenvalue weighted by Gasteiger charge is 1.72. The molecule has 1 aromatic rings. The first-order chi connectivity index (χ1) is 5.13. The molecule has 0 fully saturated rings. The van der Waals surface area contributed by atoms with Gasteiger partial charge in [0.15, 0.2) is 0 Å². The normalized spacial score (nSPS) is 8.73. The lowest BCUT2D eigenvalue weighted by atomic mass is 10.2. The van der Waals surface area contributed by atoms with E-state index < -0.39 is 9.23 Å². The third-order valence-corrected chi connectivity index (χ3v) is 0.940. The molecule has 0 N–H and O–H groups in total. The number of rotatable bonds is 0. The smallest absolute Gasteiger partial charge is 0.211 e. The monoisotopic (exact) mass is 210 g/mol. The molecule has 1 nitrogen and oxygen atoms in total. The van der Waals surface area contributed by atoms with Crippen molar-refractivity contribution < 1.29 is 4.21 Å². The minimum Gasteiger partial charge on any atom is -0.225 e. The largest absolute Gasteiger partial charge is 0.225 e. The van der Waals surface area contributed by atoms with Crippen molar-refractivity contribution in [3.63, 3.8) is 0 Å². The molecule has 0 unspecified atom stereocenters. The first kappa shape index (κ1) is 11.0. The quantitative estimate of drug-likeness (QED) is 0.603. The number of hydrogen-bond donors (Lipinski definition) is 0. The van der Waals surface area contributed by atoms with Crippen LogP contribution in [0.3, 0.4) is 0 Å². The van der Waals surface area contributed by atoms with E-state index in [2.05, 4.69) is 40.4 Å².